The van der Waals surface area contributed by atoms with Crippen molar-refractivity contribution in [3.63, 3.8) is 0 Å². The normalized spacial score (nSPS) is 17.6. The predicted octanol–water partition coefficient (Wildman–Crippen LogP) is 6.74. The van der Waals surface area contributed by atoms with Gasteiger partial charge in [0, 0.05) is 50.0 Å². The molecule has 1 saturated heterocycles. The van der Waals surface area contributed by atoms with Crippen LogP contribution in [0.5, 0.6) is 0 Å². The molecule has 44 heavy (non-hydrogen) atoms. The van der Waals surface area contributed by atoms with Crippen LogP contribution in [0.2, 0.25) is 0 Å². The summed E-state index contributed by atoms with van der Waals surface area (Å²) in [6, 6.07) is 34.7. The van der Waals surface area contributed by atoms with Gasteiger partial charge in [0.1, 0.15) is 0 Å². The molecule has 228 valence electrons. The number of ketones is 1. The van der Waals surface area contributed by atoms with Crippen LogP contribution in [-0.4, -0.2) is 54.1 Å². The van der Waals surface area contributed by atoms with Crippen molar-refractivity contribution in [1.29, 1.82) is 0 Å². The summed E-state index contributed by atoms with van der Waals surface area (Å²) in [7, 11) is 0. The highest BCUT2D eigenvalue weighted by atomic mass is 16.2. The quantitative estimate of drug-likeness (QED) is 0.0784. The first-order valence-electron chi connectivity index (χ1n) is 16.0. The van der Waals surface area contributed by atoms with E-state index in [2.05, 4.69) is 64.9 Å². The third-order valence-electron chi connectivity index (χ3n) is 8.72. The van der Waals surface area contributed by atoms with E-state index in [-0.39, 0.29) is 29.7 Å². The maximum absolute atomic E-state index is 14.1. The fourth-order valence-corrected chi connectivity index (χ4v) is 6.13. The van der Waals surface area contributed by atoms with Crippen molar-refractivity contribution in [2.24, 2.45) is 10.7 Å². The number of fused-ring (bicyclic) bond motifs is 1. The van der Waals surface area contributed by atoms with Gasteiger partial charge in [-0.3, -0.25) is 14.6 Å². The van der Waals surface area contributed by atoms with Gasteiger partial charge in [-0.05, 0) is 53.6 Å². The zero-order chi connectivity index (χ0) is 30.7. The van der Waals surface area contributed by atoms with Crippen LogP contribution >= 0.6 is 0 Å². The number of aliphatic imine (C=N–C) groups is 1. The second-order valence-corrected chi connectivity index (χ2v) is 11.8. The molecule has 0 bridgehead atoms. The Kier molecular flexibility index (Phi) is 10.9. The van der Waals surface area contributed by atoms with E-state index in [0.29, 0.717) is 44.7 Å². The van der Waals surface area contributed by atoms with Gasteiger partial charge in [-0.15, -0.1) is 0 Å². The van der Waals surface area contributed by atoms with Gasteiger partial charge in [-0.25, -0.2) is 0 Å². The van der Waals surface area contributed by atoms with Crippen molar-refractivity contribution >= 4 is 28.3 Å². The average molecular weight is 589 g/mol. The van der Waals surface area contributed by atoms with Crippen molar-refractivity contribution < 1.29 is 9.59 Å². The lowest BCUT2D eigenvalue weighted by Crippen LogP contribution is -2.46. The Balaban J connectivity index is 1.31. The van der Waals surface area contributed by atoms with E-state index < -0.39 is 0 Å². The van der Waals surface area contributed by atoms with Crippen LogP contribution in [0.1, 0.15) is 72.9 Å². The number of nitrogens with one attached hydrogen (secondary N) is 1. The largest absolute Gasteiger partial charge is 0.387 e. The summed E-state index contributed by atoms with van der Waals surface area (Å²) in [5.74, 6) is 0.976. The number of benzene rings is 4. The van der Waals surface area contributed by atoms with Gasteiger partial charge in [0.15, 0.2) is 5.78 Å². The number of carbonyl (C=O) groups is 2. The summed E-state index contributed by atoms with van der Waals surface area (Å²) in [6.45, 7) is 3.85. The van der Waals surface area contributed by atoms with Crippen LogP contribution in [0.4, 0.5) is 0 Å². The van der Waals surface area contributed by atoms with Crippen LogP contribution in [-0.2, 0) is 4.79 Å². The lowest BCUT2D eigenvalue weighted by atomic mass is 9.90. The summed E-state index contributed by atoms with van der Waals surface area (Å²) >= 11 is 0. The first-order chi connectivity index (χ1) is 21.5. The van der Waals surface area contributed by atoms with Crippen LogP contribution in [0.25, 0.3) is 10.8 Å². The van der Waals surface area contributed by atoms with Gasteiger partial charge in [-0.2, -0.15) is 0 Å². The molecule has 1 aliphatic rings. The highest BCUT2D eigenvalue weighted by Crippen LogP contribution is 2.27. The summed E-state index contributed by atoms with van der Waals surface area (Å²) < 4.78 is 0. The second-order valence-electron chi connectivity index (χ2n) is 11.8. The molecule has 2 atom stereocenters. The highest BCUT2D eigenvalue weighted by Gasteiger charge is 2.32. The monoisotopic (exact) mass is 588 g/mol. The van der Waals surface area contributed by atoms with Crippen molar-refractivity contribution in [2.45, 2.75) is 63.5 Å². The number of Topliss-reactive ketones (excluding diaryl/α,β-unsaturated/α-hetero) is 1. The van der Waals surface area contributed by atoms with E-state index in [1.54, 1.807) is 0 Å². The molecule has 1 aliphatic heterocycles. The molecule has 0 aromatic heterocycles. The lowest BCUT2D eigenvalue weighted by Gasteiger charge is -2.29. The fourth-order valence-electron chi connectivity index (χ4n) is 6.13. The SMILES string of the molecule is CCC(N)=NCCC[C@@H]1N[C@H](CCC(=O)c2ccc3ccccc3c2)CCN(CC(c2ccccc2)c2ccccc2)C1=O. The van der Waals surface area contributed by atoms with Gasteiger partial charge in [0.25, 0.3) is 0 Å². The maximum atomic E-state index is 14.1. The first-order valence-corrected chi connectivity index (χ1v) is 16.0. The number of amides is 1. The zero-order valence-electron chi connectivity index (χ0n) is 25.7. The third-order valence-corrected chi connectivity index (χ3v) is 8.72. The van der Waals surface area contributed by atoms with Crippen molar-refractivity contribution in [1.82, 2.24) is 10.2 Å². The van der Waals surface area contributed by atoms with Crippen LogP contribution in [0.15, 0.2) is 108 Å². The fraction of sp³-hybridized carbons (Fsp3) is 0.342. The number of nitrogens with zero attached hydrogens (tertiary/aromatic N) is 2. The summed E-state index contributed by atoms with van der Waals surface area (Å²) in [5, 5.41) is 5.87. The third kappa shape index (κ3) is 8.20. The van der Waals surface area contributed by atoms with Gasteiger partial charge < -0.3 is 16.0 Å². The Labute approximate surface area is 261 Å². The molecule has 0 unspecified atom stereocenters. The van der Waals surface area contributed by atoms with Crippen LogP contribution < -0.4 is 11.1 Å². The van der Waals surface area contributed by atoms with E-state index in [0.717, 1.165) is 35.6 Å². The number of hydrogen-bond acceptors (Lipinski definition) is 4. The second kappa shape index (κ2) is 15.4. The molecule has 6 heteroatoms. The molecule has 1 fully saturated rings. The van der Waals surface area contributed by atoms with Crippen LogP contribution in [0.3, 0.4) is 0 Å². The molecule has 6 nitrogen and oxygen atoms in total. The van der Waals surface area contributed by atoms with E-state index in [1.165, 1.54) is 11.1 Å². The number of nitrogens with two attached hydrogens (primary N) is 1. The molecular formula is C38H44N4O2. The minimum absolute atomic E-state index is 0.0643. The minimum atomic E-state index is -0.330. The Morgan fingerprint density at radius 2 is 1.57 bits per heavy atom. The Morgan fingerprint density at radius 1 is 0.909 bits per heavy atom. The molecule has 3 N–H and O–H groups in total. The summed E-state index contributed by atoms with van der Waals surface area (Å²) in [6.07, 6.45) is 4.08. The first kappa shape index (κ1) is 31.1. The van der Waals surface area contributed by atoms with Crippen LogP contribution in [0, 0.1) is 0 Å². The van der Waals surface area contributed by atoms with Crippen molar-refractivity contribution in [2.75, 3.05) is 19.6 Å². The van der Waals surface area contributed by atoms with Crippen molar-refractivity contribution in [3.8, 4) is 0 Å². The Morgan fingerprint density at radius 3 is 2.25 bits per heavy atom. The molecule has 0 aliphatic carbocycles. The lowest BCUT2D eigenvalue weighted by molar-refractivity contribution is -0.133. The maximum Gasteiger partial charge on any atom is 0.239 e. The topological polar surface area (TPSA) is 87.8 Å². The van der Waals surface area contributed by atoms with Gasteiger partial charge in [0.2, 0.25) is 5.91 Å². The zero-order valence-corrected chi connectivity index (χ0v) is 25.7. The van der Waals surface area contributed by atoms with E-state index >= 15 is 0 Å². The van der Waals surface area contributed by atoms with E-state index in [1.807, 2.05) is 60.4 Å². The molecule has 4 aromatic carbocycles. The standard InChI is InChI=1S/C38H44N4O2/c1-2-37(39)40-24-11-18-35-38(44)42(27-34(29-13-5-3-6-14-29)30-15-7-4-8-16-30)25-23-33(41-35)21-22-36(43)32-20-19-28-12-9-10-17-31(28)26-32/h3-10,12-17,19-20,26,33-35,41H,2,11,18,21-25,27H2,1H3,(H2,39,40)/t33-,35+/m1/s1. The molecule has 1 heterocycles. The van der Waals surface area contributed by atoms with Gasteiger partial charge in [-0.1, -0.05) is 104 Å². The predicted molar refractivity (Wildman–Crippen MR) is 180 cm³/mol. The van der Waals surface area contributed by atoms with E-state index in [4.69, 9.17) is 5.73 Å². The molecule has 5 rings (SSSR count). The number of rotatable bonds is 13. The molecule has 0 radical (unpaired) electrons. The summed E-state index contributed by atoms with van der Waals surface area (Å²) in [4.78, 5) is 33.8. The summed E-state index contributed by atoms with van der Waals surface area (Å²) in [5.41, 5.74) is 9.06. The Hall–Kier alpha value is -4.29. The molecular weight excluding hydrogens is 544 g/mol. The van der Waals surface area contributed by atoms with E-state index in [9.17, 15) is 9.59 Å². The molecule has 4 aromatic rings. The minimum Gasteiger partial charge on any atom is -0.387 e. The Bertz CT molecular complexity index is 1510. The van der Waals surface area contributed by atoms with Crippen molar-refractivity contribution in [3.05, 3.63) is 120 Å². The average Bonchev–Trinajstić information content (AvgIpc) is 3.22. The highest BCUT2D eigenvalue weighted by molar-refractivity contribution is 6.00. The molecule has 0 spiro atoms. The molecule has 1 amide bonds. The van der Waals surface area contributed by atoms with Gasteiger partial charge >= 0.3 is 0 Å². The number of carbonyl (C=O) groups excluding carboxylic acids is 2. The smallest absolute Gasteiger partial charge is 0.239 e. The molecule has 0 saturated carbocycles. The van der Waals surface area contributed by atoms with Gasteiger partial charge in [0.05, 0.1) is 11.9 Å². The number of hydrogen-bond donors (Lipinski definition) is 2. The number of amidine groups is 1.